The summed E-state index contributed by atoms with van der Waals surface area (Å²) in [5, 5.41) is 62.4. The Bertz CT molecular complexity index is 6100. The van der Waals surface area contributed by atoms with Crippen LogP contribution in [0.2, 0.25) is 0 Å². The van der Waals surface area contributed by atoms with Crippen molar-refractivity contribution in [1.82, 2.24) is 38.7 Å². The summed E-state index contributed by atoms with van der Waals surface area (Å²) >= 11 is 5.34. The molecule has 5 aromatic carbocycles. The zero-order valence-corrected chi connectivity index (χ0v) is 81.6. The second-order valence-corrected chi connectivity index (χ2v) is 32.6. The van der Waals surface area contributed by atoms with Crippen molar-refractivity contribution in [2.45, 2.75) is 131 Å². The number of aromatic nitrogens is 8. The fraction of sp³-hybridized carbons (Fsp3) is 0.341. The number of carbonyl (C=O) groups is 7. The van der Waals surface area contributed by atoms with Gasteiger partial charge in [-0.15, -0.1) is 32.9 Å². The predicted octanol–water partition coefficient (Wildman–Crippen LogP) is 12.0. The molecule has 129 heavy (non-hydrogen) atoms. The molecule has 9 aromatic rings. The summed E-state index contributed by atoms with van der Waals surface area (Å²) in [4.78, 5) is 122. The third-order valence-corrected chi connectivity index (χ3v) is 21.5. The fourth-order valence-corrected chi connectivity index (χ4v) is 14.9. The third kappa shape index (κ3) is 26.9. The molecule has 5 aliphatic heterocycles. The molecular weight excluding hydrogens is 1790 g/mol. The number of nitrogen functional groups attached to an aromatic ring is 2. The Balaban J connectivity index is 0.000000237. The van der Waals surface area contributed by atoms with Gasteiger partial charge in [-0.1, -0.05) is 30.4 Å². The fourth-order valence-electron chi connectivity index (χ4n) is 14.9. The summed E-state index contributed by atoms with van der Waals surface area (Å²) in [6, 6.07) is 20.8. The van der Waals surface area contributed by atoms with Gasteiger partial charge in [-0.3, -0.25) is 63.7 Å². The Morgan fingerprint density at radius 1 is 0.566 bits per heavy atom. The van der Waals surface area contributed by atoms with E-state index in [-0.39, 0.29) is 70.3 Å². The summed E-state index contributed by atoms with van der Waals surface area (Å²) in [6.45, 7) is 37.0. The van der Waals surface area contributed by atoms with Gasteiger partial charge in [0.1, 0.15) is 27.7 Å². The van der Waals surface area contributed by atoms with E-state index in [0.717, 1.165) is 83.0 Å². The van der Waals surface area contributed by atoms with E-state index in [1.165, 1.54) is 74.3 Å². The van der Waals surface area contributed by atoms with Crippen LogP contribution in [-0.4, -0.2) is 234 Å². The van der Waals surface area contributed by atoms with Gasteiger partial charge in [0, 0.05) is 148 Å². The number of allylic oxidation sites excluding steroid dienone is 2. The van der Waals surface area contributed by atoms with E-state index in [2.05, 4.69) is 115 Å². The zero-order valence-electron chi connectivity index (χ0n) is 74.4. The Morgan fingerprint density at radius 3 is 1.40 bits per heavy atom. The van der Waals surface area contributed by atoms with Crippen LogP contribution in [0.4, 0.5) is 74.5 Å². The van der Waals surface area contributed by atoms with Crippen molar-refractivity contribution in [3.8, 4) is 4.98 Å². The van der Waals surface area contributed by atoms with Crippen molar-refractivity contribution in [2.75, 3.05) is 119 Å². The molecule has 39 nitrogen and oxygen atoms in total. The topological polar surface area (TPSA) is 541 Å². The molecule has 0 saturated heterocycles. The minimum absolute atomic E-state index is 0.0334. The van der Waals surface area contributed by atoms with Crippen LogP contribution in [0.5, 0.6) is 0 Å². The number of nitro benzene ring substituents is 2. The molecule has 12 N–H and O–H groups in total. The number of carbonyl (C=O) groups excluding carboxylic acids is 6. The van der Waals surface area contributed by atoms with Crippen LogP contribution < -0.4 is 63.4 Å². The number of imidazole rings is 2. The number of nitriles is 1. The van der Waals surface area contributed by atoms with Gasteiger partial charge in [-0.2, -0.15) is 32.3 Å². The molecule has 5 atom stereocenters. The van der Waals surface area contributed by atoms with E-state index in [1.807, 2.05) is 94.9 Å². The maximum absolute atomic E-state index is 13.0. The number of carboxylic acids is 1. The summed E-state index contributed by atoms with van der Waals surface area (Å²) in [7, 11) is 1.97. The molecule has 2 amide bonds. The average molecular weight is 1890 g/mol. The number of hydrogen-bond donors (Lipinski definition) is 9. The number of benzene rings is 5. The second-order valence-electron chi connectivity index (χ2n) is 29.8. The quantitative estimate of drug-likeness (QED) is 0.00760. The van der Waals surface area contributed by atoms with Gasteiger partial charge in [0.25, 0.3) is 17.3 Å². The number of aromatic carboxylic acids is 1. The molecule has 4 aromatic heterocycles. The number of nitrogens with zero attached hydrogens (tertiary/aromatic N) is 15. The number of amides is 2. The summed E-state index contributed by atoms with van der Waals surface area (Å²) in [5.74, 6) is -1.09. The zero-order chi connectivity index (χ0) is 96.4. The number of Topliss-reactive ketones (excluding diaryl/α,β-unsaturated/α-hetero) is 4. The average Bonchev–Trinajstić information content (AvgIpc) is 1.58. The number of likely N-dealkylation sites (N-methyl/N-ethyl adjacent to an activating group) is 4. The van der Waals surface area contributed by atoms with Gasteiger partial charge >= 0.3 is 68.1 Å². The number of aryl methyl sites for hydroxylation is 4. The number of carboxylic acid groups (broad SMARTS) is 1. The van der Waals surface area contributed by atoms with Gasteiger partial charge in [0.05, 0.1) is 95.2 Å². The van der Waals surface area contributed by atoms with Gasteiger partial charge in [-0.05, 0) is 148 Å². The molecule has 14 rings (SSSR count). The SMILES string of the molecule is C=CC[C@H]1CN(C)c2cc(C(C)=O)cc(N)c2N1.C=CC[C@H]1CN(C)c2cc(C(C)=O)cc([N+](=O)[O-])c2N1.C=CC[C@H]1CN(C)c2cc(C(C)=O)cc3nc(N)n1c23.C=CC[C@H]1CN(C)c2cc(C(N)=O)cc3nc(NC(=O)c4cc(C)nn4CC)n1c23.C=CC[C@H]1CNc2cc(C(C)=O)cc([N+](=O)[O-])c2N1.CCn1nc(C)cc1C(=O)O.N#CBr.O=S(=O)=S(=O)=O.[Na][Na]. The first-order chi connectivity index (χ1) is 61.0. The number of nitrogens with one attached hydrogen (secondary N) is 5. The van der Waals surface area contributed by atoms with E-state index in [4.69, 9.17) is 44.4 Å². The third-order valence-electron chi connectivity index (χ3n) is 20.6. The molecular formula is C85H104BrN23Na2O16S2. The number of fused-ring (bicyclic) bond motifs is 3. The normalized spacial score (nSPS) is 15.2. The Kier molecular flexibility index (Phi) is 39.8. The number of primary amides is 1. The van der Waals surface area contributed by atoms with Crippen LogP contribution in [-0.2, 0) is 31.6 Å². The van der Waals surface area contributed by atoms with E-state index in [1.54, 1.807) is 85.0 Å². The van der Waals surface area contributed by atoms with Crippen molar-refractivity contribution in [3.05, 3.63) is 207 Å². The molecule has 0 radical (unpaired) electrons. The van der Waals surface area contributed by atoms with Crippen molar-refractivity contribution in [2.24, 2.45) is 5.73 Å². The minimum atomic E-state index is -2.95. The number of hydrogen-bond acceptors (Lipinski definition) is 30. The molecule has 0 saturated carbocycles. The first-order valence-corrected chi connectivity index (χ1v) is 52.1. The van der Waals surface area contributed by atoms with Gasteiger partial charge in [0.2, 0.25) is 17.8 Å². The molecule has 9 heterocycles. The summed E-state index contributed by atoms with van der Waals surface area (Å²) in [5.41, 5.74) is 32.0. The Morgan fingerprint density at radius 2 is 0.946 bits per heavy atom. The van der Waals surface area contributed by atoms with Crippen molar-refractivity contribution < 1.29 is 65.4 Å². The van der Waals surface area contributed by atoms with Crippen LogP contribution >= 0.6 is 15.9 Å². The second kappa shape index (κ2) is 48.7. The van der Waals surface area contributed by atoms with Gasteiger partial charge < -0.3 is 72.3 Å². The van der Waals surface area contributed by atoms with Gasteiger partial charge in [-0.25, -0.2) is 14.8 Å². The van der Waals surface area contributed by atoms with Gasteiger partial charge in [0.15, 0.2) is 23.1 Å². The molecule has 5 aliphatic rings. The standard InChI is InChI=1S/C21H25N7O2.C15H18N4O.C14H17N3O3.C14H19N3O.C13H15N3O3.C7H10N2O2.CBrN.2Na.O4S2/c1-5-7-14-11-26(4)16-10-13(19(22)29)9-15-18(16)28(14)21(23-15)24-20(30)17-8-12(3)25-27(17)6-2;1-4-5-11-8-18(3)13-7-10(9(2)20)6-12-14(13)19(11)15(16)17-12;1-4-5-11-8-16(3)12-6-10(9(2)18)7-13(17(19)20)14(12)15-11;1-4-5-11-8-17(3)13-7-10(9(2)18)6-12(15)14(13)16-11;1-3-4-10-7-14-11-5-9(8(2)17)6-12(16(18)19)13(11)15-10;1-3-9-6(7(10)11)4-5(2)8-9;2-1-3;;;1-5(2)6(3)4/h5,8-10,14H,1,6-7,11H2,2-4H3,(H2,22,29)(H,23,24,30);4,6-7,11H,1,5,8H2,2-3H3,(H2,16,17);4,6-7,11,15H,1,5,8H2,2-3H3;4,6-7,11,16H,1,5,8,15H2,2-3H3;3,5-6,10,14-15H,1,4,7H2,2H3;4H,3H2,1-2H3,(H,10,11);;;;/t14-;3*11-;10-;;;;;/m00000...../s1. The van der Waals surface area contributed by atoms with E-state index in [9.17, 15) is 53.8 Å². The molecule has 0 spiro atoms. The van der Waals surface area contributed by atoms with Crippen molar-refractivity contribution in [3.63, 3.8) is 0 Å². The molecule has 0 unspecified atom stereocenters. The van der Waals surface area contributed by atoms with Crippen LogP contribution in [0.3, 0.4) is 0 Å². The van der Waals surface area contributed by atoms with E-state index in [0.29, 0.717) is 131 Å². The maximum atomic E-state index is 13.0. The molecule has 0 bridgehead atoms. The number of anilines is 11. The van der Waals surface area contributed by atoms with E-state index < -0.39 is 40.3 Å². The number of nitrogens with two attached hydrogens (primary N) is 3. The molecule has 0 fully saturated rings. The molecule has 0 aliphatic carbocycles. The van der Waals surface area contributed by atoms with Crippen LogP contribution in [0, 0.1) is 44.3 Å². The van der Waals surface area contributed by atoms with Crippen LogP contribution in [0.25, 0.3) is 22.1 Å². The first-order valence-electron chi connectivity index (χ1n) is 40.6. The first kappa shape index (κ1) is 105. The number of rotatable bonds is 22. The predicted molar refractivity (Wildman–Crippen MR) is 509 cm³/mol. The van der Waals surface area contributed by atoms with Crippen LogP contribution in [0.1, 0.15) is 170 Å². The van der Waals surface area contributed by atoms with Crippen LogP contribution in [0.15, 0.2) is 136 Å². The molecule has 676 valence electrons. The van der Waals surface area contributed by atoms with E-state index >= 15 is 0 Å². The monoisotopic (exact) mass is 1890 g/mol. The Hall–Kier alpha value is -12.3. The summed E-state index contributed by atoms with van der Waals surface area (Å²) in [6.07, 6.45) is 13.1. The molecule has 44 heteroatoms. The summed E-state index contributed by atoms with van der Waals surface area (Å²) < 4.78 is 43.6. The number of halogens is 1. The van der Waals surface area contributed by atoms with Crippen molar-refractivity contribution in [1.29, 1.82) is 5.26 Å². The number of nitro groups is 2. The Labute approximate surface area is 785 Å². The van der Waals surface area contributed by atoms with Crippen molar-refractivity contribution >= 4 is 216 Å². The number of ketones is 4.